The van der Waals surface area contributed by atoms with E-state index in [1.807, 2.05) is 19.2 Å². The molecule has 1 heterocycles. The number of methoxy groups -OCH3 is 1. The van der Waals surface area contributed by atoms with Gasteiger partial charge in [-0.15, -0.1) is 11.3 Å². The topological polar surface area (TPSA) is 48.4 Å². The summed E-state index contributed by atoms with van der Waals surface area (Å²) >= 11 is 1.60. The fraction of sp³-hybridized carbons (Fsp3) is 0.375. The molecule has 1 aromatic heterocycles. The van der Waals surface area contributed by atoms with E-state index in [4.69, 9.17) is 9.47 Å². The fourth-order valence-corrected chi connectivity index (χ4v) is 2.78. The average Bonchev–Trinajstić information content (AvgIpc) is 3.23. The van der Waals surface area contributed by atoms with Gasteiger partial charge in [-0.05, 0) is 43.9 Å². The summed E-state index contributed by atoms with van der Waals surface area (Å²) in [5.74, 6) is 1.01. The zero-order chi connectivity index (χ0) is 14.8. The molecule has 0 bridgehead atoms. The Bertz CT molecular complexity index is 661. The monoisotopic (exact) mass is 303 g/mol. The van der Waals surface area contributed by atoms with Crippen LogP contribution < -0.4 is 4.74 Å². The molecule has 4 nitrogen and oxygen atoms in total. The van der Waals surface area contributed by atoms with E-state index < -0.39 is 0 Å². The second kappa shape index (κ2) is 5.85. The summed E-state index contributed by atoms with van der Waals surface area (Å²) in [6, 6.07) is 5.47. The number of hydrogen-bond donors (Lipinski definition) is 0. The Labute approximate surface area is 127 Å². The minimum Gasteiger partial charge on any atom is -0.493 e. The standard InChI is InChI=1S/C16H17NO3S/c1-10-8-17-15(21-10)12-5-13(16(18)19-2)7-14(6-12)20-9-11-3-4-11/h5-8,11H,3-4,9H2,1-2H3. The van der Waals surface area contributed by atoms with Crippen molar-refractivity contribution in [3.8, 4) is 16.3 Å². The van der Waals surface area contributed by atoms with Crippen molar-refractivity contribution in [1.29, 1.82) is 0 Å². The Morgan fingerprint density at radius 1 is 1.38 bits per heavy atom. The van der Waals surface area contributed by atoms with Gasteiger partial charge >= 0.3 is 5.97 Å². The Morgan fingerprint density at radius 3 is 2.81 bits per heavy atom. The summed E-state index contributed by atoms with van der Waals surface area (Å²) in [6.45, 7) is 2.72. The highest BCUT2D eigenvalue weighted by molar-refractivity contribution is 7.14. The van der Waals surface area contributed by atoms with Gasteiger partial charge in [0.25, 0.3) is 0 Å². The molecule has 0 amide bonds. The van der Waals surface area contributed by atoms with Crippen molar-refractivity contribution in [3.05, 3.63) is 34.8 Å². The predicted molar refractivity (Wildman–Crippen MR) is 81.8 cm³/mol. The summed E-state index contributed by atoms with van der Waals surface area (Å²) in [4.78, 5) is 17.3. The second-order valence-electron chi connectivity index (χ2n) is 5.27. The van der Waals surface area contributed by atoms with Gasteiger partial charge in [-0.2, -0.15) is 0 Å². The van der Waals surface area contributed by atoms with Gasteiger partial charge in [-0.25, -0.2) is 9.78 Å². The lowest BCUT2D eigenvalue weighted by molar-refractivity contribution is 0.0600. The van der Waals surface area contributed by atoms with Crippen molar-refractivity contribution in [1.82, 2.24) is 4.98 Å². The van der Waals surface area contributed by atoms with Crippen LogP contribution in [0.3, 0.4) is 0 Å². The van der Waals surface area contributed by atoms with E-state index in [1.54, 1.807) is 23.5 Å². The highest BCUT2D eigenvalue weighted by Crippen LogP contribution is 2.32. The number of esters is 1. The molecule has 0 N–H and O–H groups in total. The SMILES string of the molecule is COC(=O)c1cc(OCC2CC2)cc(-c2ncc(C)s2)c1. The van der Waals surface area contributed by atoms with Crippen molar-refractivity contribution in [2.24, 2.45) is 5.92 Å². The molecule has 1 fully saturated rings. The molecule has 110 valence electrons. The first kappa shape index (κ1) is 14.1. The largest absolute Gasteiger partial charge is 0.493 e. The van der Waals surface area contributed by atoms with Gasteiger partial charge in [0, 0.05) is 16.6 Å². The molecular weight excluding hydrogens is 286 g/mol. The van der Waals surface area contributed by atoms with E-state index in [9.17, 15) is 4.79 Å². The zero-order valence-electron chi connectivity index (χ0n) is 12.1. The van der Waals surface area contributed by atoms with Gasteiger partial charge in [0.2, 0.25) is 0 Å². The van der Waals surface area contributed by atoms with Gasteiger partial charge in [-0.1, -0.05) is 0 Å². The molecular formula is C16H17NO3S. The van der Waals surface area contributed by atoms with E-state index in [-0.39, 0.29) is 5.97 Å². The molecule has 0 atom stereocenters. The van der Waals surface area contributed by atoms with Crippen molar-refractivity contribution in [2.45, 2.75) is 19.8 Å². The first-order valence-electron chi connectivity index (χ1n) is 6.94. The summed E-state index contributed by atoms with van der Waals surface area (Å²) in [5, 5.41) is 0.884. The van der Waals surface area contributed by atoms with Crippen molar-refractivity contribution in [3.63, 3.8) is 0 Å². The maximum atomic E-state index is 11.8. The Morgan fingerprint density at radius 2 is 2.19 bits per heavy atom. The van der Waals surface area contributed by atoms with Crippen LogP contribution in [0.5, 0.6) is 5.75 Å². The van der Waals surface area contributed by atoms with Gasteiger partial charge in [-0.3, -0.25) is 0 Å². The molecule has 5 heteroatoms. The molecule has 0 unspecified atom stereocenters. The number of rotatable bonds is 5. The number of thiazole rings is 1. The van der Waals surface area contributed by atoms with Crippen LogP contribution >= 0.6 is 11.3 Å². The van der Waals surface area contributed by atoms with Crippen LogP contribution in [-0.2, 0) is 4.74 Å². The Kier molecular flexibility index (Phi) is 3.92. The first-order valence-corrected chi connectivity index (χ1v) is 7.76. The molecule has 2 aromatic rings. The highest BCUT2D eigenvalue weighted by Gasteiger charge is 2.22. The quantitative estimate of drug-likeness (QED) is 0.790. The maximum absolute atomic E-state index is 11.8. The fourth-order valence-electron chi connectivity index (χ4n) is 2.03. The minimum atomic E-state index is -0.360. The first-order chi connectivity index (χ1) is 10.2. The molecule has 21 heavy (non-hydrogen) atoms. The average molecular weight is 303 g/mol. The molecule has 1 aromatic carbocycles. The zero-order valence-corrected chi connectivity index (χ0v) is 12.9. The van der Waals surface area contributed by atoms with Gasteiger partial charge in [0.15, 0.2) is 0 Å². The van der Waals surface area contributed by atoms with E-state index >= 15 is 0 Å². The van der Waals surface area contributed by atoms with Crippen LogP contribution in [0.15, 0.2) is 24.4 Å². The van der Waals surface area contributed by atoms with Gasteiger partial charge in [0.05, 0.1) is 19.3 Å². The third kappa shape index (κ3) is 3.42. The Balaban J connectivity index is 1.92. The lowest BCUT2D eigenvalue weighted by Gasteiger charge is -2.09. The smallest absolute Gasteiger partial charge is 0.338 e. The Hall–Kier alpha value is -1.88. The summed E-state index contributed by atoms with van der Waals surface area (Å²) in [6.07, 6.45) is 4.29. The molecule has 0 saturated heterocycles. The number of hydrogen-bond acceptors (Lipinski definition) is 5. The molecule has 3 rings (SSSR count). The summed E-state index contributed by atoms with van der Waals surface area (Å²) in [5.41, 5.74) is 1.38. The van der Waals surface area contributed by atoms with Crippen LogP contribution in [0.1, 0.15) is 28.1 Å². The molecule has 0 spiro atoms. The number of benzene rings is 1. The van der Waals surface area contributed by atoms with Crippen LogP contribution in [0.4, 0.5) is 0 Å². The van der Waals surface area contributed by atoms with E-state index in [0.29, 0.717) is 23.8 Å². The van der Waals surface area contributed by atoms with E-state index in [2.05, 4.69) is 4.98 Å². The molecule has 1 aliphatic rings. The number of carbonyl (C=O) groups excluding carboxylic acids is 1. The van der Waals surface area contributed by atoms with Gasteiger partial charge in [0.1, 0.15) is 10.8 Å². The maximum Gasteiger partial charge on any atom is 0.338 e. The molecule has 1 saturated carbocycles. The van der Waals surface area contributed by atoms with E-state index in [0.717, 1.165) is 15.4 Å². The van der Waals surface area contributed by atoms with Crippen LogP contribution in [0.2, 0.25) is 0 Å². The highest BCUT2D eigenvalue weighted by atomic mass is 32.1. The lowest BCUT2D eigenvalue weighted by Crippen LogP contribution is -2.04. The van der Waals surface area contributed by atoms with Crippen LogP contribution in [0.25, 0.3) is 10.6 Å². The normalized spacial score (nSPS) is 14.0. The number of nitrogens with zero attached hydrogens (tertiary/aromatic N) is 1. The number of aryl methyl sites for hydroxylation is 1. The molecule has 0 aliphatic heterocycles. The number of aromatic nitrogens is 1. The number of ether oxygens (including phenoxy) is 2. The molecule has 1 aliphatic carbocycles. The van der Waals surface area contributed by atoms with E-state index in [1.165, 1.54) is 20.0 Å². The third-order valence-corrected chi connectivity index (χ3v) is 4.34. The van der Waals surface area contributed by atoms with Crippen LogP contribution in [0, 0.1) is 12.8 Å². The van der Waals surface area contributed by atoms with Crippen molar-refractivity contribution in [2.75, 3.05) is 13.7 Å². The predicted octanol–water partition coefficient (Wildman–Crippen LogP) is 3.69. The van der Waals surface area contributed by atoms with Crippen LogP contribution in [-0.4, -0.2) is 24.7 Å². The third-order valence-electron chi connectivity index (χ3n) is 3.38. The summed E-state index contributed by atoms with van der Waals surface area (Å²) < 4.78 is 10.6. The lowest BCUT2D eigenvalue weighted by atomic mass is 10.1. The number of carbonyl (C=O) groups is 1. The molecule has 0 radical (unpaired) electrons. The van der Waals surface area contributed by atoms with Crippen molar-refractivity contribution >= 4 is 17.3 Å². The minimum absolute atomic E-state index is 0.360. The summed E-state index contributed by atoms with van der Waals surface area (Å²) in [7, 11) is 1.38. The van der Waals surface area contributed by atoms with Crippen molar-refractivity contribution < 1.29 is 14.3 Å². The van der Waals surface area contributed by atoms with Gasteiger partial charge < -0.3 is 9.47 Å². The second-order valence-corrected chi connectivity index (χ2v) is 6.50.